The molecule has 2 aromatic carbocycles. The Morgan fingerprint density at radius 3 is 2.82 bits per heavy atom. The molecule has 0 spiro atoms. The van der Waals surface area contributed by atoms with Crippen LogP contribution in [0, 0.1) is 24.4 Å². The number of hydrogen-bond acceptors (Lipinski definition) is 5. The van der Waals surface area contributed by atoms with Crippen molar-refractivity contribution in [2.75, 3.05) is 29.9 Å². The molecule has 0 saturated carbocycles. The number of benzene rings is 2. The first-order valence-electron chi connectivity index (χ1n) is 10.9. The lowest BCUT2D eigenvalue weighted by atomic mass is 10.1. The smallest absolute Gasteiger partial charge is 0.277 e. The summed E-state index contributed by atoms with van der Waals surface area (Å²) >= 11 is 0. The topological polar surface area (TPSA) is 61.6 Å². The molecular weight excluding hydrogens is 433 g/mol. The van der Waals surface area contributed by atoms with E-state index < -0.39 is 17.5 Å². The molecule has 33 heavy (non-hydrogen) atoms. The van der Waals surface area contributed by atoms with E-state index in [2.05, 4.69) is 15.4 Å². The zero-order valence-corrected chi connectivity index (χ0v) is 18.1. The Morgan fingerprint density at radius 2 is 2.03 bits per heavy atom. The number of nitrogens with one attached hydrogen (secondary N) is 1. The molecule has 1 fully saturated rings. The van der Waals surface area contributed by atoms with Gasteiger partial charge in [-0.2, -0.15) is 0 Å². The number of carbonyl (C=O) groups excluding carboxylic acids is 1. The van der Waals surface area contributed by atoms with E-state index in [1.807, 2.05) is 23.1 Å². The van der Waals surface area contributed by atoms with Crippen LogP contribution in [-0.4, -0.2) is 41.6 Å². The molecule has 1 saturated heterocycles. The van der Waals surface area contributed by atoms with E-state index >= 15 is 0 Å². The zero-order chi connectivity index (χ0) is 23.1. The van der Waals surface area contributed by atoms with Crippen LogP contribution in [0.25, 0.3) is 0 Å². The minimum absolute atomic E-state index is 0.0395. The fourth-order valence-corrected chi connectivity index (χ4v) is 4.73. The number of rotatable bonds is 5. The third-order valence-electron chi connectivity index (χ3n) is 6.28. The molecule has 6 nitrogen and oxygen atoms in total. The molecule has 0 aliphatic carbocycles. The predicted octanol–water partition coefficient (Wildman–Crippen LogP) is 4.29. The van der Waals surface area contributed by atoms with Gasteiger partial charge in [0.25, 0.3) is 5.91 Å². The molecule has 9 heteroatoms. The van der Waals surface area contributed by atoms with Crippen LogP contribution in [0.3, 0.4) is 0 Å². The van der Waals surface area contributed by atoms with Crippen molar-refractivity contribution in [1.29, 1.82) is 0 Å². The van der Waals surface area contributed by atoms with E-state index in [0.29, 0.717) is 24.1 Å². The standard InChI is InChI=1S/C24H23F3N4O2/c1-14-8-21(29-33-14)24(32)28-18-2-3-22-15(10-18)4-7-31(22)19-5-6-30(13-19)12-16-9-17(25)11-20(26)23(16)27/h2-3,8-11,19H,4-7,12-13H2,1H3,(H,28,32). The van der Waals surface area contributed by atoms with Gasteiger partial charge in [0.2, 0.25) is 0 Å². The lowest BCUT2D eigenvalue weighted by molar-refractivity contribution is 0.101. The Balaban J connectivity index is 1.24. The van der Waals surface area contributed by atoms with E-state index in [1.54, 1.807) is 13.0 Å². The van der Waals surface area contributed by atoms with Crippen molar-refractivity contribution >= 4 is 17.3 Å². The molecule has 1 N–H and O–H groups in total. The van der Waals surface area contributed by atoms with Crippen LogP contribution in [-0.2, 0) is 13.0 Å². The maximum Gasteiger partial charge on any atom is 0.277 e. The highest BCUT2D eigenvalue weighted by Gasteiger charge is 2.32. The second-order valence-corrected chi connectivity index (χ2v) is 8.60. The molecule has 1 unspecified atom stereocenters. The van der Waals surface area contributed by atoms with Gasteiger partial charge >= 0.3 is 0 Å². The first kappa shape index (κ1) is 21.5. The highest BCUT2D eigenvalue weighted by Crippen LogP contribution is 2.34. The van der Waals surface area contributed by atoms with Gasteiger partial charge in [-0.05, 0) is 49.6 Å². The van der Waals surface area contributed by atoms with Crippen molar-refractivity contribution in [1.82, 2.24) is 10.1 Å². The van der Waals surface area contributed by atoms with Gasteiger partial charge in [-0.1, -0.05) is 5.16 Å². The summed E-state index contributed by atoms with van der Waals surface area (Å²) in [6, 6.07) is 9.27. The van der Waals surface area contributed by atoms with E-state index in [0.717, 1.165) is 43.2 Å². The minimum atomic E-state index is -1.16. The Labute approximate surface area is 189 Å². The number of aryl methyl sites for hydroxylation is 1. The summed E-state index contributed by atoms with van der Waals surface area (Å²) < 4.78 is 46.0. The first-order valence-corrected chi connectivity index (χ1v) is 10.9. The van der Waals surface area contributed by atoms with Crippen LogP contribution in [0.5, 0.6) is 0 Å². The maximum atomic E-state index is 14.1. The molecule has 2 aliphatic heterocycles. The number of amides is 1. The second kappa shape index (κ2) is 8.55. The third-order valence-corrected chi connectivity index (χ3v) is 6.28. The average molecular weight is 456 g/mol. The van der Waals surface area contributed by atoms with Gasteiger partial charge < -0.3 is 14.7 Å². The summed E-state index contributed by atoms with van der Waals surface area (Å²) in [6.07, 6.45) is 1.73. The number of aromatic nitrogens is 1. The van der Waals surface area contributed by atoms with Crippen LogP contribution in [0.15, 0.2) is 40.9 Å². The number of anilines is 2. The van der Waals surface area contributed by atoms with Crippen LogP contribution >= 0.6 is 0 Å². The largest absolute Gasteiger partial charge is 0.367 e. The van der Waals surface area contributed by atoms with Crippen molar-refractivity contribution < 1.29 is 22.5 Å². The number of nitrogens with zero attached hydrogens (tertiary/aromatic N) is 3. The lowest BCUT2D eigenvalue weighted by Gasteiger charge is -2.27. The molecule has 172 valence electrons. The van der Waals surface area contributed by atoms with Gasteiger partial charge in [-0.15, -0.1) is 0 Å². The van der Waals surface area contributed by atoms with Gasteiger partial charge in [0.1, 0.15) is 11.6 Å². The summed E-state index contributed by atoms with van der Waals surface area (Å²) in [5, 5.41) is 6.59. The van der Waals surface area contributed by atoms with Gasteiger partial charge in [0, 0.05) is 61.3 Å². The molecule has 0 bridgehead atoms. The molecule has 5 rings (SSSR count). The van der Waals surface area contributed by atoms with Crippen molar-refractivity contribution in [2.24, 2.45) is 0 Å². The normalized spacial score (nSPS) is 18.1. The van der Waals surface area contributed by atoms with Crippen molar-refractivity contribution in [3.05, 3.63) is 76.4 Å². The molecular formula is C24H23F3N4O2. The Hall–Kier alpha value is -3.33. The number of carbonyl (C=O) groups is 1. The van der Waals surface area contributed by atoms with E-state index in [1.165, 1.54) is 0 Å². The fourth-order valence-electron chi connectivity index (χ4n) is 4.73. The van der Waals surface area contributed by atoms with Gasteiger partial charge in [0.05, 0.1) is 0 Å². The lowest BCUT2D eigenvalue weighted by Crippen LogP contribution is -2.36. The molecule has 1 amide bonds. The summed E-state index contributed by atoms with van der Waals surface area (Å²) in [4.78, 5) is 16.7. The number of fused-ring (bicyclic) bond motifs is 1. The summed E-state index contributed by atoms with van der Waals surface area (Å²) in [5.41, 5.74) is 3.21. The van der Waals surface area contributed by atoms with Crippen molar-refractivity contribution in [2.45, 2.75) is 32.4 Å². The van der Waals surface area contributed by atoms with Crippen molar-refractivity contribution in [3.8, 4) is 0 Å². The molecule has 3 aromatic rings. The van der Waals surface area contributed by atoms with Gasteiger partial charge in [-0.25, -0.2) is 13.2 Å². The summed E-state index contributed by atoms with van der Waals surface area (Å²) in [5.74, 6) is -2.66. The van der Waals surface area contributed by atoms with E-state index in [-0.39, 0.29) is 29.8 Å². The maximum absolute atomic E-state index is 14.1. The van der Waals surface area contributed by atoms with E-state index in [9.17, 15) is 18.0 Å². The monoisotopic (exact) mass is 456 g/mol. The third kappa shape index (κ3) is 4.32. The van der Waals surface area contributed by atoms with Crippen LogP contribution in [0.4, 0.5) is 24.5 Å². The summed E-state index contributed by atoms with van der Waals surface area (Å²) in [7, 11) is 0. The van der Waals surface area contributed by atoms with Crippen LogP contribution in [0.1, 0.15) is 33.8 Å². The number of halogens is 3. The number of likely N-dealkylation sites (tertiary alicyclic amines) is 1. The fraction of sp³-hybridized carbons (Fsp3) is 0.333. The highest BCUT2D eigenvalue weighted by atomic mass is 19.2. The van der Waals surface area contributed by atoms with Crippen LogP contribution < -0.4 is 10.2 Å². The average Bonchev–Trinajstić information content (AvgIpc) is 3.51. The van der Waals surface area contributed by atoms with Crippen molar-refractivity contribution in [3.63, 3.8) is 0 Å². The SMILES string of the molecule is Cc1cc(C(=O)Nc2ccc3c(c2)CCN3C2CCN(Cc3cc(F)cc(F)c3F)C2)no1. The highest BCUT2D eigenvalue weighted by molar-refractivity contribution is 6.03. The molecule has 2 aliphatic rings. The van der Waals surface area contributed by atoms with Crippen LogP contribution in [0.2, 0.25) is 0 Å². The molecule has 1 aromatic heterocycles. The number of hydrogen-bond donors (Lipinski definition) is 1. The zero-order valence-electron chi connectivity index (χ0n) is 18.1. The van der Waals surface area contributed by atoms with Gasteiger partial charge in [-0.3, -0.25) is 9.69 Å². The molecule has 0 radical (unpaired) electrons. The molecule has 1 atom stereocenters. The Bertz CT molecular complexity index is 1210. The van der Waals surface area contributed by atoms with Gasteiger partial charge in [0.15, 0.2) is 17.3 Å². The Kier molecular flexibility index (Phi) is 5.57. The first-order chi connectivity index (χ1) is 15.9. The quantitative estimate of drug-likeness (QED) is 0.581. The molecule has 3 heterocycles. The minimum Gasteiger partial charge on any atom is -0.367 e. The predicted molar refractivity (Wildman–Crippen MR) is 117 cm³/mol. The second-order valence-electron chi connectivity index (χ2n) is 8.60. The van der Waals surface area contributed by atoms with E-state index in [4.69, 9.17) is 4.52 Å². The Morgan fingerprint density at radius 1 is 1.18 bits per heavy atom. The summed E-state index contributed by atoms with van der Waals surface area (Å²) in [6.45, 7) is 4.14.